The molecule has 0 heterocycles. The van der Waals surface area contributed by atoms with Crippen molar-refractivity contribution in [1.29, 1.82) is 0 Å². The van der Waals surface area contributed by atoms with E-state index in [-0.39, 0.29) is 0 Å². The summed E-state index contributed by atoms with van der Waals surface area (Å²) in [4.78, 5) is 0. The van der Waals surface area contributed by atoms with E-state index in [9.17, 15) is 4.11 Å². The third-order valence-corrected chi connectivity index (χ3v) is 3.60. The van der Waals surface area contributed by atoms with Gasteiger partial charge in [0.15, 0.2) is 0 Å². The maximum atomic E-state index is 12.5. The second-order valence-corrected chi connectivity index (χ2v) is 5.62. The van der Waals surface area contributed by atoms with Gasteiger partial charge in [-0.15, -0.1) is 0 Å². The van der Waals surface area contributed by atoms with Gasteiger partial charge in [0.1, 0.15) is 0 Å². The monoisotopic (exact) mass is 270 g/mol. The van der Waals surface area contributed by atoms with Crippen LogP contribution in [-0.2, 0) is 12.8 Å². The first kappa shape index (κ1) is 13.8. The zero-order valence-corrected chi connectivity index (χ0v) is 12.5. The van der Waals surface area contributed by atoms with Gasteiger partial charge in [0.05, 0.1) is 0 Å². The van der Waals surface area contributed by atoms with Gasteiger partial charge in [0.25, 0.3) is 0 Å². The largest absolute Gasteiger partial charge is 0.322 e. The summed E-state index contributed by atoms with van der Waals surface area (Å²) in [6.07, 6.45) is 3.94. The van der Waals surface area contributed by atoms with Gasteiger partial charge in [0, 0.05) is 0 Å². The van der Waals surface area contributed by atoms with Gasteiger partial charge < -0.3 is 4.11 Å². The molecule has 98 valence electrons. The standard InChI is InChI=1S/C17H19FSi/c18-19-12-11-17(13-15-7-3-1-4-8-15)14-16-9-5-2-6-10-16/h1-11H,12-14,19H2. The molecule has 0 atom stereocenters. The lowest BCUT2D eigenvalue weighted by atomic mass is 9.98. The van der Waals surface area contributed by atoms with Crippen molar-refractivity contribution in [3.63, 3.8) is 0 Å². The van der Waals surface area contributed by atoms with Gasteiger partial charge in [-0.1, -0.05) is 72.3 Å². The maximum absolute atomic E-state index is 12.5. The van der Waals surface area contributed by atoms with E-state index in [1.54, 1.807) is 0 Å². The van der Waals surface area contributed by atoms with Crippen molar-refractivity contribution in [3.05, 3.63) is 83.4 Å². The summed E-state index contributed by atoms with van der Waals surface area (Å²) < 4.78 is 12.5. The van der Waals surface area contributed by atoms with E-state index in [0.29, 0.717) is 6.04 Å². The first-order valence-electron chi connectivity index (χ1n) is 6.70. The van der Waals surface area contributed by atoms with Crippen LogP contribution in [0.5, 0.6) is 0 Å². The summed E-state index contributed by atoms with van der Waals surface area (Å²) in [5.41, 5.74) is 3.91. The molecule has 19 heavy (non-hydrogen) atoms. The lowest BCUT2D eigenvalue weighted by Crippen LogP contribution is -1.96. The van der Waals surface area contributed by atoms with Gasteiger partial charge in [-0.05, 0) is 30.0 Å². The molecule has 0 aliphatic carbocycles. The molecule has 0 bridgehead atoms. The molecule has 0 unspecified atom stereocenters. The Morgan fingerprint density at radius 2 is 1.32 bits per heavy atom. The lowest BCUT2D eigenvalue weighted by molar-refractivity contribution is 0.867. The Bertz CT molecular complexity index is 462. The smallest absolute Gasteiger partial charge is 0.220 e. The van der Waals surface area contributed by atoms with E-state index >= 15 is 0 Å². The Kier molecular flexibility index (Phi) is 5.57. The van der Waals surface area contributed by atoms with Crippen LogP contribution in [0.1, 0.15) is 11.1 Å². The molecule has 2 rings (SSSR count). The van der Waals surface area contributed by atoms with E-state index < -0.39 is 9.85 Å². The zero-order valence-electron chi connectivity index (χ0n) is 11.1. The summed E-state index contributed by atoms with van der Waals surface area (Å²) in [5, 5.41) is 0. The fourth-order valence-corrected chi connectivity index (χ4v) is 2.70. The predicted molar refractivity (Wildman–Crippen MR) is 82.8 cm³/mol. The van der Waals surface area contributed by atoms with Crippen LogP contribution in [0, 0.1) is 0 Å². The first-order chi connectivity index (χ1) is 9.38. The number of benzene rings is 2. The van der Waals surface area contributed by atoms with Crippen molar-refractivity contribution in [2.45, 2.75) is 18.9 Å². The molecule has 0 radical (unpaired) electrons. The molecule has 0 spiro atoms. The van der Waals surface area contributed by atoms with Gasteiger partial charge in [-0.2, -0.15) is 0 Å². The average molecular weight is 270 g/mol. The lowest BCUT2D eigenvalue weighted by Gasteiger charge is -2.08. The zero-order chi connectivity index (χ0) is 13.3. The van der Waals surface area contributed by atoms with Crippen LogP contribution in [0.4, 0.5) is 4.11 Å². The summed E-state index contributed by atoms with van der Waals surface area (Å²) in [6, 6.07) is 21.4. The summed E-state index contributed by atoms with van der Waals surface area (Å²) >= 11 is 0. The van der Waals surface area contributed by atoms with Gasteiger partial charge in [-0.3, -0.25) is 0 Å². The molecule has 2 aromatic carbocycles. The van der Waals surface area contributed by atoms with E-state index in [2.05, 4.69) is 54.6 Å². The molecular formula is C17H19FSi. The maximum Gasteiger partial charge on any atom is 0.220 e. The van der Waals surface area contributed by atoms with Crippen molar-refractivity contribution < 1.29 is 4.11 Å². The molecule has 0 N–H and O–H groups in total. The van der Waals surface area contributed by atoms with E-state index in [4.69, 9.17) is 0 Å². The Hall–Kier alpha value is -1.67. The minimum Gasteiger partial charge on any atom is -0.322 e. The SMILES string of the molecule is F[SiH2]CC=C(Cc1ccccc1)Cc1ccccc1. The Balaban J connectivity index is 2.08. The third-order valence-electron chi connectivity index (χ3n) is 3.09. The normalized spacial score (nSPS) is 10.8. The molecule has 2 heteroatoms. The van der Waals surface area contributed by atoms with Crippen molar-refractivity contribution in [2.24, 2.45) is 0 Å². The van der Waals surface area contributed by atoms with Crippen LogP contribution in [0.2, 0.25) is 6.04 Å². The fraction of sp³-hybridized carbons (Fsp3) is 0.176. The highest BCUT2D eigenvalue weighted by atomic mass is 28.3. The molecule has 0 nitrogen and oxygen atoms in total. The molecule has 2 aromatic rings. The summed E-state index contributed by atoms with van der Waals surface area (Å²) in [6.45, 7) is 0. The molecule has 0 aliphatic heterocycles. The summed E-state index contributed by atoms with van der Waals surface area (Å²) in [7, 11) is -1.38. The molecule has 0 amide bonds. The molecule has 0 fully saturated rings. The van der Waals surface area contributed by atoms with Crippen molar-refractivity contribution in [3.8, 4) is 0 Å². The third kappa shape index (κ3) is 4.84. The quantitative estimate of drug-likeness (QED) is 0.425. The second kappa shape index (κ2) is 7.69. The van der Waals surface area contributed by atoms with Crippen LogP contribution in [0.25, 0.3) is 0 Å². The molecule has 0 saturated heterocycles. The highest BCUT2D eigenvalue weighted by Gasteiger charge is 2.01. The highest BCUT2D eigenvalue weighted by Crippen LogP contribution is 2.14. The number of hydrogen-bond acceptors (Lipinski definition) is 0. The second-order valence-electron chi connectivity index (χ2n) is 4.66. The van der Waals surface area contributed by atoms with Crippen LogP contribution in [-0.4, -0.2) is 9.85 Å². The minimum atomic E-state index is -1.38. The fourth-order valence-electron chi connectivity index (χ4n) is 2.18. The van der Waals surface area contributed by atoms with Gasteiger partial charge in [-0.25, -0.2) is 0 Å². The molecule has 0 aliphatic rings. The van der Waals surface area contributed by atoms with E-state index in [0.717, 1.165) is 12.8 Å². The van der Waals surface area contributed by atoms with Crippen LogP contribution in [0.15, 0.2) is 72.3 Å². The van der Waals surface area contributed by atoms with Crippen LogP contribution >= 0.6 is 0 Å². The molecule has 0 aromatic heterocycles. The number of rotatable bonds is 6. The van der Waals surface area contributed by atoms with E-state index in [1.165, 1.54) is 16.7 Å². The first-order valence-corrected chi connectivity index (χ1v) is 8.23. The van der Waals surface area contributed by atoms with Crippen molar-refractivity contribution in [2.75, 3.05) is 0 Å². The topological polar surface area (TPSA) is 0 Å². The van der Waals surface area contributed by atoms with Crippen molar-refractivity contribution in [1.82, 2.24) is 0 Å². The minimum absolute atomic E-state index is 0.648. The number of allylic oxidation sites excluding steroid dienone is 2. The van der Waals surface area contributed by atoms with Crippen molar-refractivity contribution >= 4 is 9.85 Å². The summed E-state index contributed by atoms with van der Waals surface area (Å²) in [5.74, 6) is 0. The molecular weight excluding hydrogens is 251 g/mol. The predicted octanol–water partition coefficient (Wildman–Crippen LogP) is 3.87. The number of hydrogen-bond donors (Lipinski definition) is 0. The number of halogens is 1. The van der Waals surface area contributed by atoms with Crippen LogP contribution < -0.4 is 0 Å². The Labute approximate surface area is 117 Å². The average Bonchev–Trinajstić information content (AvgIpc) is 2.47. The van der Waals surface area contributed by atoms with Crippen LogP contribution in [0.3, 0.4) is 0 Å². The highest BCUT2D eigenvalue weighted by molar-refractivity contribution is 6.26. The van der Waals surface area contributed by atoms with Gasteiger partial charge in [0.2, 0.25) is 9.85 Å². The Morgan fingerprint density at radius 1 is 0.842 bits per heavy atom. The molecule has 0 saturated carbocycles. The Morgan fingerprint density at radius 3 is 1.74 bits per heavy atom. The van der Waals surface area contributed by atoms with E-state index in [1.807, 2.05) is 12.1 Å². The van der Waals surface area contributed by atoms with Gasteiger partial charge >= 0.3 is 0 Å².